The smallest absolute Gasteiger partial charge is 0.241 e. The number of piperidine rings is 1. The first-order valence-electron chi connectivity index (χ1n) is 9.77. The van der Waals surface area contributed by atoms with Crippen molar-refractivity contribution >= 4 is 32.4 Å². The van der Waals surface area contributed by atoms with Crippen molar-refractivity contribution in [2.45, 2.75) is 18.8 Å². The van der Waals surface area contributed by atoms with E-state index in [-0.39, 0.29) is 0 Å². The van der Waals surface area contributed by atoms with Crippen molar-refractivity contribution in [3.05, 3.63) is 66.6 Å². The molecular formula is C22H21N5OS. The van der Waals surface area contributed by atoms with Gasteiger partial charge in [0.2, 0.25) is 5.88 Å². The fourth-order valence-corrected chi connectivity index (χ4v) is 4.44. The van der Waals surface area contributed by atoms with Crippen LogP contribution in [0.4, 0.5) is 10.8 Å². The SMILES string of the molecule is c1ccc2sc(Nc3ccc(Oc4nccnc4C4CCNCC4)cc3)nc2c1. The number of hydrogen-bond donors (Lipinski definition) is 2. The molecule has 0 unspecified atom stereocenters. The number of thiazole rings is 1. The molecule has 0 saturated carbocycles. The molecule has 1 fully saturated rings. The van der Waals surface area contributed by atoms with Crippen LogP contribution in [0.15, 0.2) is 60.9 Å². The minimum absolute atomic E-state index is 0.389. The van der Waals surface area contributed by atoms with Crippen molar-refractivity contribution in [2.75, 3.05) is 18.4 Å². The van der Waals surface area contributed by atoms with Gasteiger partial charge in [-0.2, -0.15) is 0 Å². The number of rotatable bonds is 5. The lowest BCUT2D eigenvalue weighted by Crippen LogP contribution is -2.27. The van der Waals surface area contributed by atoms with Crippen LogP contribution in [-0.2, 0) is 0 Å². The number of nitrogens with zero attached hydrogens (tertiary/aromatic N) is 3. The highest BCUT2D eigenvalue weighted by Crippen LogP contribution is 2.33. The third-order valence-electron chi connectivity index (χ3n) is 5.03. The first-order valence-corrected chi connectivity index (χ1v) is 10.6. The minimum Gasteiger partial charge on any atom is -0.437 e. The summed E-state index contributed by atoms with van der Waals surface area (Å²) in [6.07, 6.45) is 5.54. The van der Waals surface area contributed by atoms with Crippen molar-refractivity contribution in [1.29, 1.82) is 0 Å². The van der Waals surface area contributed by atoms with Crippen LogP contribution < -0.4 is 15.4 Å². The summed E-state index contributed by atoms with van der Waals surface area (Å²) in [5.74, 6) is 1.74. The maximum Gasteiger partial charge on any atom is 0.241 e. The Labute approximate surface area is 173 Å². The molecule has 6 nitrogen and oxygen atoms in total. The quantitative estimate of drug-likeness (QED) is 0.484. The van der Waals surface area contributed by atoms with E-state index in [9.17, 15) is 0 Å². The number of nitrogens with one attached hydrogen (secondary N) is 2. The van der Waals surface area contributed by atoms with E-state index in [0.29, 0.717) is 11.8 Å². The zero-order chi connectivity index (χ0) is 19.5. The van der Waals surface area contributed by atoms with Gasteiger partial charge in [-0.1, -0.05) is 23.5 Å². The van der Waals surface area contributed by atoms with Crippen molar-refractivity contribution in [3.63, 3.8) is 0 Å². The zero-order valence-corrected chi connectivity index (χ0v) is 16.7. The minimum atomic E-state index is 0.389. The zero-order valence-electron chi connectivity index (χ0n) is 15.8. The van der Waals surface area contributed by atoms with Crippen LogP contribution in [-0.4, -0.2) is 28.0 Å². The number of benzene rings is 2. The van der Waals surface area contributed by atoms with Crippen molar-refractivity contribution in [3.8, 4) is 11.6 Å². The molecule has 0 aliphatic carbocycles. The molecular weight excluding hydrogens is 382 g/mol. The average molecular weight is 404 g/mol. The molecule has 2 N–H and O–H groups in total. The molecule has 0 spiro atoms. The Kier molecular flexibility index (Phi) is 5.06. The third kappa shape index (κ3) is 4.06. The molecule has 0 amide bonds. The summed E-state index contributed by atoms with van der Waals surface area (Å²) in [5, 5.41) is 7.63. The third-order valence-corrected chi connectivity index (χ3v) is 5.98. The molecule has 2 aromatic heterocycles. The number of fused-ring (bicyclic) bond motifs is 1. The molecule has 4 aromatic rings. The van der Waals surface area contributed by atoms with Gasteiger partial charge in [0, 0.05) is 24.0 Å². The van der Waals surface area contributed by atoms with Crippen molar-refractivity contribution in [2.24, 2.45) is 0 Å². The summed E-state index contributed by atoms with van der Waals surface area (Å²) in [5.41, 5.74) is 2.92. The standard InChI is InChI=1S/C22H21N5OS/c1-2-4-19-18(3-1)27-22(29-19)26-16-5-7-17(8-6-16)28-21-20(24-13-14-25-21)15-9-11-23-12-10-15/h1-8,13-15,23H,9-12H2,(H,26,27). The number of anilines is 2. The Morgan fingerprint density at radius 2 is 1.76 bits per heavy atom. The highest BCUT2D eigenvalue weighted by molar-refractivity contribution is 7.22. The van der Waals surface area contributed by atoms with E-state index in [1.807, 2.05) is 42.5 Å². The predicted molar refractivity (Wildman–Crippen MR) is 116 cm³/mol. The molecule has 1 aliphatic heterocycles. The van der Waals surface area contributed by atoms with Crippen molar-refractivity contribution < 1.29 is 4.74 Å². The van der Waals surface area contributed by atoms with Gasteiger partial charge < -0.3 is 15.4 Å². The van der Waals surface area contributed by atoms with Crippen LogP contribution in [0, 0.1) is 0 Å². The molecule has 7 heteroatoms. The Morgan fingerprint density at radius 1 is 0.966 bits per heavy atom. The van der Waals surface area contributed by atoms with Gasteiger partial charge in [0.25, 0.3) is 0 Å². The second kappa shape index (κ2) is 8.14. The van der Waals surface area contributed by atoms with Gasteiger partial charge in [-0.3, -0.25) is 4.98 Å². The molecule has 0 bridgehead atoms. The number of hydrogen-bond acceptors (Lipinski definition) is 7. The normalized spacial score (nSPS) is 14.8. The molecule has 146 valence electrons. The number of aromatic nitrogens is 3. The van der Waals surface area contributed by atoms with Crippen LogP contribution in [0.25, 0.3) is 10.2 Å². The number of para-hydroxylation sites is 1. The summed E-state index contributed by atoms with van der Waals surface area (Å²) in [4.78, 5) is 13.6. The predicted octanol–water partition coefficient (Wildman–Crippen LogP) is 5.09. The van der Waals surface area contributed by atoms with Crippen LogP contribution in [0.5, 0.6) is 11.6 Å². The largest absolute Gasteiger partial charge is 0.437 e. The van der Waals surface area contributed by atoms with E-state index >= 15 is 0 Å². The molecule has 1 aliphatic rings. The maximum atomic E-state index is 6.08. The van der Waals surface area contributed by atoms with Gasteiger partial charge in [-0.25, -0.2) is 9.97 Å². The molecule has 0 atom stereocenters. The first-order chi connectivity index (χ1) is 14.3. The molecule has 2 aromatic carbocycles. The fraction of sp³-hybridized carbons (Fsp3) is 0.227. The van der Waals surface area contributed by atoms with Crippen LogP contribution in [0.3, 0.4) is 0 Å². The lowest BCUT2D eigenvalue weighted by atomic mass is 9.94. The number of ether oxygens (including phenoxy) is 1. The second-order valence-electron chi connectivity index (χ2n) is 7.01. The van der Waals surface area contributed by atoms with Crippen LogP contribution >= 0.6 is 11.3 Å². The summed E-state index contributed by atoms with van der Waals surface area (Å²) in [6.45, 7) is 2.01. The maximum absolute atomic E-state index is 6.08. The fourth-order valence-electron chi connectivity index (χ4n) is 3.56. The van der Waals surface area contributed by atoms with E-state index in [1.54, 1.807) is 23.7 Å². The van der Waals surface area contributed by atoms with Crippen LogP contribution in [0.1, 0.15) is 24.5 Å². The molecule has 0 radical (unpaired) electrons. The molecule has 29 heavy (non-hydrogen) atoms. The van der Waals surface area contributed by atoms with E-state index in [4.69, 9.17) is 4.74 Å². The second-order valence-corrected chi connectivity index (χ2v) is 8.04. The van der Waals surface area contributed by atoms with Gasteiger partial charge >= 0.3 is 0 Å². The van der Waals surface area contributed by atoms with Gasteiger partial charge in [-0.15, -0.1) is 0 Å². The van der Waals surface area contributed by atoms with E-state index in [1.165, 1.54) is 4.70 Å². The van der Waals surface area contributed by atoms with E-state index in [2.05, 4.69) is 31.7 Å². The Morgan fingerprint density at radius 3 is 2.59 bits per heavy atom. The average Bonchev–Trinajstić information content (AvgIpc) is 3.18. The van der Waals surface area contributed by atoms with Crippen LogP contribution in [0.2, 0.25) is 0 Å². The highest BCUT2D eigenvalue weighted by atomic mass is 32.1. The Bertz CT molecular complexity index is 1070. The lowest BCUT2D eigenvalue weighted by molar-refractivity contribution is 0.410. The Balaban J connectivity index is 1.31. The van der Waals surface area contributed by atoms with E-state index < -0.39 is 0 Å². The van der Waals surface area contributed by atoms with Crippen molar-refractivity contribution in [1.82, 2.24) is 20.3 Å². The van der Waals surface area contributed by atoms with E-state index in [0.717, 1.165) is 53.7 Å². The summed E-state index contributed by atoms with van der Waals surface area (Å²) < 4.78 is 7.25. The van der Waals surface area contributed by atoms with Gasteiger partial charge in [-0.05, 0) is 62.3 Å². The topological polar surface area (TPSA) is 72.0 Å². The van der Waals surface area contributed by atoms with Gasteiger partial charge in [0.15, 0.2) is 5.13 Å². The Hall–Kier alpha value is -3.03. The van der Waals surface area contributed by atoms with Gasteiger partial charge in [0.1, 0.15) is 11.4 Å². The summed E-state index contributed by atoms with van der Waals surface area (Å²) in [7, 11) is 0. The molecule has 1 saturated heterocycles. The summed E-state index contributed by atoms with van der Waals surface area (Å²) >= 11 is 1.64. The van der Waals surface area contributed by atoms with Gasteiger partial charge in [0.05, 0.1) is 10.2 Å². The highest BCUT2D eigenvalue weighted by Gasteiger charge is 2.21. The first kappa shape index (κ1) is 18.0. The summed E-state index contributed by atoms with van der Waals surface area (Å²) in [6, 6.07) is 16.0. The molecule has 5 rings (SSSR count). The molecule has 3 heterocycles. The monoisotopic (exact) mass is 403 g/mol. The lowest BCUT2D eigenvalue weighted by Gasteiger charge is -2.23.